The first-order valence-corrected chi connectivity index (χ1v) is 7.48. The second kappa shape index (κ2) is 8.81. The van der Waals surface area contributed by atoms with E-state index in [1.165, 1.54) is 0 Å². The van der Waals surface area contributed by atoms with Crippen LogP contribution in [0.4, 0.5) is 5.69 Å². The summed E-state index contributed by atoms with van der Waals surface area (Å²) in [6.07, 6.45) is 1.56. The second-order valence-corrected chi connectivity index (χ2v) is 5.84. The molecule has 1 aromatic carbocycles. The third kappa shape index (κ3) is 5.31. The van der Waals surface area contributed by atoms with Crippen LogP contribution in [0, 0.1) is 0 Å². The summed E-state index contributed by atoms with van der Waals surface area (Å²) in [7, 11) is 2.05. The van der Waals surface area contributed by atoms with Crippen molar-refractivity contribution in [3.63, 3.8) is 0 Å². The summed E-state index contributed by atoms with van der Waals surface area (Å²) in [6.45, 7) is 2.77. The van der Waals surface area contributed by atoms with E-state index in [1.54, 1.807) is 18.2 Å². The number of para-hydroxylation sites is 1. The Kier molecular flexibility index (Phi) is 7.77. The van der Waals surface area contributed by atoms with E-state index in [9.17, 15) is 4.79 Å². The maximum Gasteiger partial charge on any atom is 0.225 e. The van der Waals surface area contributed by atoms with Crippen molar-refractivity contribution in [3.8, 4) is 0 Å². The van der Waals surface area contributed by atoms with Crippen LogP contribution in [0.15, 0.2) is 18.2 Å². The third-order valence-electron chi connectivity index (χ3n) is 3.58. The third-order valence-corrected chi connectivity index (χ3v) is 4.21. The average molecular weight is 353 g/mol. The van der Waals surface area contributed by atoms with E-state index >= 15 is 0 Å². The first kappa shape index (κ1) is 18.5. The van der Waals surface area contributed by atoms with Gasteiger partial charge in [0.15, 0.2) is 0 Å². The van der Waals surface area contributed by atoms with E-state index in [2.05, 4.69) is 15.5 Å². The Hall–Kier alpha value is -0.520. The van der Waals surface area contributed by atoms with E-state index in [1.807, 2.05) is 7.05 Å². The van der Waals surface area contributed by atoms with Crippen molar-refractivity contribution in [1.82, 2.24) is 10.2 Å². The second-order valence-electron chi connectivity index (χ2n) is 5.02. The van der Waals surface area contributed by atoms with Gasteiger partial charge in [0.05, 0.1) is 15.7 Å². The summed E-state index contributed by atoms with van der Waals surface area (Å²) in [5.41, 5.74) is 0.492. The van der Waals surface area contributed by atoms with Crippen LogP contribution in [0.3, 0.4) is 0 Å². The topological polar surface area (TPSA) is 44.4 Å². The van der Waals surface area contributed by atoms with Crippen LogP contribution in [0.5, 0.6) is 0 Å². The van der Waals surface area contributed by atoms with Crippen LogP contribution in [0.2, 0.25) is 10.0 Å². The van der Waals surface area contributed by atoms with Crippen molar-refractivity contribution in [1.29, 1.82) is 0 Å². The highest BCUT2D eigenvalue weighted by molar-refractivity contribution is 6.39. The van der Waals surface area contributed by atoms with Gasteiger partial charge in [-0.2, -0.15) is 0 Å². The molecule has 1 unspecified atom stereocenters. The van der Waals surface area contributed by atoms with Gasteiger partial charge in [0, 0.05) is 25.6 Å². The van der Waals surface area contributed by atoms with Crippen LogP contribution in [-0.2, 0) is 4.79 Å². The molecule has 0 bridgehead atoms. The molecule has 0 aromatic heterocycles. The Morgan fingerprint density at radius 1 is 1.43 bits per heavy atom. The first-order valence-electron chi connectivity index (χ1n) is 6.72. The summed E-state index contributed by atoms with van der Waals surface area (Å²) in [4.78, 5) is 14.2. The Morgan fingerprint density at radius 2 is 2.10 bits per heavy atom. The van der Waals surface area contributed by atoms with Gasteiger partial charge in [0.1, 0.15) is 0 Å². The first-order chi connectivity index (χ1) is 9.58. The van der Waals surface area contributed by atoms with Crippen LogP contribution in [0.25, 0.3) is 0 Å². The quantitative estimate of drug-likeness (QED) is 0.856. The number of nitrogens with one attached hydrogen (secondary N) is 2. The van der Waals surface area contributed by atoms with Crippen molar-refractivity contribution in [2.24, 2.45) is 0 Å². The van der Waals surface area contributed by atoms with Gasteiger partial charge in [-0.05, 0) is 32.1 Å². The van der Waals surface area contributed by atoms with Gasteiger partial charge in [0.2, 0.25) is 5.91 Å². The van der Waals surface area contributed by atoms with E-state index in [4.69, 9.17) is 23.2 Å². The molecule has 1 amide bonds. The molecule has 1 aliphatic rings. The molecule has 118 valence electrons. The molecule has 1 fully saturated rings. The summed E-state index contributed by atoms with van der Waals surface area (Å²) in [6, 6.07) is 5.69. The number of hydrogen-bond donors (Lipinski definition) is 2. The monoisotopic (exact) mass is 351 g/mol. The zero-order valence-corrected chi connectivity index (χ0v) is 14.2. The molecule has 0 saturated carbocycles. The lowest BCUT2D eigenvalue weighted by molar-refractivity contribution is -0.116. The molecule has 1 heterocycles. The van der Waals surface area contributed by atoms with Gasteiger partial charge in [0.25, 0.3) is 0 Å². The zero-order chi connectivity index (χ0) is 14.5. The van der Waals surface area contributed by atoms with E-state index < -0.39 is 0 Å². The lowest BCUT2D eigenvalue weighted by atomic mass is 10.2. The van der Waals surface area contributed by atoms with Crippen LogP contribution in [0.1, 0.15) is 12.8 Å². The van der Waals surface area contributed by atoms with Crippen LogP contribution < -0.4 is 10.6 Å². The Morgan fingerprint density at radius 3 is 2.67 bits per heavy atom. The van der Waals surface area contributed by atoms with Gasteiger partial charge in [-0.3, -0.25) is 4.79 Å². The molecule has 21 heavy (non-hydrogen) atoms. The molecule has 0 radical (unpaired) electrons. The summed E-state index contributed by atoms with van der Waals surface area (Å²) in [5.74, 6) is -0.0715. The Labute approximate surface area is 141 Å². The van der Waals surface area contributed by atoms with Crippen LogP contribution in [-0.4, -0.2) is 43.5 Å². The maximum absolute atomic E-state index is 12.0. The number of carbonyl (C=O) groups is 1. The minimum atomic E-state index is -0.0715. The van der Waals surface area contributed by atoms with Crippen LogP contribution >= 0.6 is 35.6 Å². The minimum absolute atomic E-state index is 0. The molecule has 0 spiro atoms. The highest BCUT2D eigenvalue weighted by Gasteiger charge is 2.19. The molecular weight excluding hydrogens is 333 g/mol. The standard InChI is InChI=1S/C14H19Cl2N3O.ClH/c1-19(10-5-7-17-9-10)8-6-13(20)18-14-11(15)3-2-4-12(14)16;/h2-4,10,17H,5-9H2,1H3,(H,18,20);1H. The van der Waals surface area contributed by atoms with Gasteiger partial charge in [-0.1, -0.05) is 29.3 Å². The molecule has 2 N–H and O–H groups in total. The minimum Gasteiger partial charge on any atom is -0.324 e. The number of halogens is 3. The normalized spacial score (nSPS) is 17.6. The molecule has 4 nitrogen and oxygen atoms in total. The predicted molar refractivity (Wildman–Crippen MR) is 90.9 cm³/mol. The largest absolute Gasteiger partial charge is 0.324 e. The zero-order valence-electron chi connectivity index (χ0n) is 11.9. The molecule has 1 aromatic rings. The SMILES string of the molecule is CN(CCC(=O)Nc1c(Cl)cccc1Cl)C1CCNC1.Cl. The van der Waals surface area contributed by atoms with E-state index in [0.29, 0.717) is 28.2 Å². The number of likely N-dealkylation sites (N-methyl/N-ethyl adjacent to an activating group) is 1. The lowest BCUT2D eigenvalue weighted by Crippen LogP contribution is -2.35. The van der Waals surface area contributed by atoms with Crippen molar-refractivity contribution < 1.29 is 4.79 Å². The predicted octanol–water partition coefficient (Wildman–Crippen LogP) is 3.04. The molecule has 1 atom stereocenters. The number of hydrogen-bond acceptors (Lipinski definition) is 3. The fourth-order valence-corrected chi connectivity index (χ4v) is 2.79. The smallest absolute Gasteiger partial charge is 0.225 e. The van der Waals surface area contributed by atoms with Crippen molar-refractivity contribution in [2.75, 3.05) is 32.0 Å². The highest BCUT2D eigenvalue weighted by Crippen LogP contribution is 2.29. The Bertz CT molecular complexity index is 458. The van der Waals surface area contributed by atoms with Gasteiger partial charge in [-0.15, -0.1) is 12.4 Å². The lowest BCUT2D eigenvalue weighted by Gasteiger charge is -2.23. The fourth-order valence-electron chi connectivity index (χ4n) is 2.30. The molecule has 7 heteroatoms. The number of rotatable bonds is 5. The number of carbonyl (C=O) groups excluding carboxylic acids is 1. The van der Waals surface area contributed by atoms with Crippen molar-refractivity contribution in [3.05, 3.63) is 28.2 Å². The number of benzene rings is 1. The molecular formula is C14H20Cl3N3O. The summed E-state index contributed by atoms with van der Waals surface area (Å²) < 4.78 is 0. The molecule has 0 aliphatic carbocycles. The fraction of sp³-hybridized carbons (Fsp3) is 0.500. The van der Waals surface area contributed by atoms with Crippen molar-refractivity contribution in [2.45, 2.75) is 18.9 Å². The summed E-state index contributed by atoms with van der Waals surface area (Å²) >= 11 is 12.0. The summed E-state index contributed by atoms with van der Waals surface area (Å²) in [5, 5.41) is 7.01. The molecule has 1 aliphatic heterocycles. The maximum atomic E-state index is 12.0. The number of amides is 1. The average Bonchev–Trinajstić information content (AvgIpc) is 2.94. The molecule has 2 rings (SSSR count). The van der Waals surface area contributed by atoms with E-state index in [-0.39, 0.29) is 18.3 Å². The van der Waals surface area contributed by atoms with Crippen molar-refractivity contribution >= 4 is 47.2 Å². The number of nitrogens with zero attached hydrogens (tertiary/aromatic N) is 1. The molecule has 1 saturated heterocycles. The number of anilines is 1. The van der Waals surface area contributed by atoms with Gasteiger partial charge >= 0.3 is 0 Å². The van der Waals surface area contributed by atoms with E-state index in [0.717, 1.165) is 26.1 Å². The highest BCUT2D eigenvalue weighted by atomic mass is 35.5. The Balaban J connectivity index is 0.00000220. The van der Waals surface area contributed by atoms with Gasteiger partial charge < -0.3 is 15.5 Å². The van der Waals surface area contributed by atoms with Gasteiger partial charge in [-0.25, -0.2) is 0 Å².